The van der Waals surface area contributed by atoms with Gasteiger partial charge in [-0.25, -0.2) is 4.98 Å². The monoisotopic (exact) mass is 322 g/mol. The molecule has 3 aromatic rings. The minimum Gasteiger partial charge on any atom is -0.481 e. The maximum Gasteiger partial charge on any atom is 0.303 e. The molecule has 1 N–H and O–H groups in total. The van der Waals surface area contributed by atoms with Crippen LogP contribution in [0.5, 0.6) is 0 Å². The van der Waals surface area contributed by atoms with Gasteiger partial charge in [0, 0.05) is 24.1 Å². The van der Waals surface area contributed by atoms with Gasteiger partial charge >= 0.3 is 5.97 Å². The largest absolute Gasteiger partial charge is 0.481 e. The molecule has 0 aliphatic heterocycles. The van der Waals surface area contributed by atoms with Crippen LogP contribution in [-0.2, 0) is 11.3 Å². The highest BCUT2D eigenvalue weighted by molar-refractivity contribution is 6.10. The minimum atomic E-state index is -0.798. The molecule has 0 aliphatic rings. The van der Waals surface area contributed by atoms with Gasteiger partial charge in [0.2, 0.25) is 0 Å². The number of imidazole rings is 1. The molecule has 0 aliphatic carbocycles. The van der Waals surface area contributed by atoms with E-state index in [1.165, 1.54) is 0 Å². The lowest BCUT2D eigenvalue weighted by atomic mass is 10.0. The van der Waals surface area contributed by atoms with Crippen molar-refractivity contribution in [2.45, 2.75) is 26.3 Å². The van der Waals surface area contributed by atoms with E-state index in [1.54, 1.807) is 24.3 Å². The van der Waals surface area contributed by atoms with Gasteiger partial charge in [0.05, 0.1) is 11.0 Å². The molecule has 0 unspecified atom stereocenters. The number of carbonyl (C=O) groups excluding carboxylic acids is 1. The Labute approximate surface area is 139 Å². The van der Waals surface area contributed by atoms with Gasteiger partial charge in [-0.3, -0.25) is 9.59 Å². The molecule has 1 aromatic heterocycles. The summed E-state index contributed by atoms with van der Waals surface area (Å²) in [5.74, 6) is -0.0110. The smallest absolute Gasteiger partial charge is 0.303 e. The predicted octanol–water partition coefficient (Wildman–Crippen LogP) is 3.44. The lowest BCUT2D eigenvalue weighted by Crippen LogP contribution is -2.04. The van der Waals surface area contributed by atoms with E-state index in [9.17, 15) is 9.59 Å². The van der Waals surface area contributed by atoms with Crippen molar-refractivity contribution in [3.63, 3.8) is 0 Å². The number of rotatable bonds is 6. The molecule has 5 nitrogen and oxygen atoms in total. The molecule has 0 saturated carbocycles. The highest BCUT2D eigenvalue weighted by Crippen LogP contribution is 2.20. The number of carboxylic acids is 1. The second kappa shape index (κ2) is 6.66. The summed E-state index contributed by atoms with van der Waals surface area (Å²) in [5.41, 5.74) is 2.92. The van der Waals surface area contributed by atoms with E-state index in [1.807, 2.05) is 35.8 Å². The molecule has 0 spiro atoms. The number of hydrogen-bond donors (Lipinski definition) is 1. The Bertz CT molecular complexity index is 898. The number of aliphatic carboxylic acids is 1. The van der Waals surface area contributed by atoms with Gasteiger partial charge in [-0.2, -0.15) is 0 Å². The van der Waals surface area contributed by atoms with E-state index in [0.29, 0.717) is 24.1 Å². The summed E-state index contributed by atoms with van der Waals surface area (Å²) < 4.78 is 2.00. The third-order valence-electron chi connectivity index (χ3n) is 4.01. The van der Waals surface area contributed by atoms with Crippen LogP contribution in [0.2, 0.25) is 0 Å². The first-order valence-corrected chi connectivity index (χ1v) is 7.84. The van der Waals surface area contributed by atoms with E-state index in [-0.39, 0.29) is 12.2 Å². The lowest BCUT2D eigenvalue weighted by Gasteiger charge is -2.06. The Morgan fingerprint density at radius 2 is 1.83 bits per heavy atom. The molecule has 122 valence electrons. The predicted molar refractivity (Wildman–Crippen MR) is 91.2 cm³/mol. The Balaban J connectivity index is 1.90. The first-order chi connectivity index (χ1) is 11.6. The van der Waals surface area contributed by atoms with Crippen LogP contribution in [0, 0.1) is 6.92 Å². The Hall–Kier alpha value is -2.95. The van der Waals surface area contributed by atoms with Crippen molar-refractivity contribution >= 4 is 22.8 Å². The molecule has 3 rings (SSSR count). The Morgan fingerprint density at radius 1 is 1.08 bits per heavy atom. The summed E-state index contributed by atoms with van der Waals surface area (Å²) in [5, 5.41) is 8.77. The van der Waals surface area contributed by atoms with E-state index in [4.69, 9.17) is 5.11 Å². The zero-order chi connectivity index (χ0) is 17.1. The molecule has 0 fully saturated rings. The van der Waals surface area contributed by atoms with E-state index in [2.05, 4.69) is 4.98 Å². The lowest BCUT2D eigenvalue weighted by molar-refractivity contribution is -0.137. The Morgan fingerprint density at radius 3 is 2.54 bits per heavy atom. The topological polar surface area (TPSA) is 72.2 Å². The van der Waals surface area contributed by atoms with Crippen LogP contribution < -0.4 is 0 Å². The van der Waals surface area contributed by atoms with Gasteiger partial charge in [0.1, 0.15) is 5.82 Å². The van der Waals surface area contributed by atoms with Crippen LogP contribution in [0.15, 0.2) is 48.5 Å². The summed E-state index contributed by atoms with van der Waals surface area (Å²) in [6, 6.07) is 14.6. The van der Waals surface area contributed by atoms with Crippen LogP contribution >= 0.6 is 0 Å². The fourth-order valence-corrected chi connectivity index (χ4v) is 2.82. The molecule has 1 heterocycles. The van der Waals surface area contributed by atoms with Gasteiger partial charge in [0.15, 0.2) is 5.78 Å². The molecule has 5 heteroatoms. The van der Waals surface area contributed by atoms with Gasteiger partial charge < -0.3 is 9.67 Å². The first kappa shape index (κ1) is 15.9. The van der Waals surface area contributed by atoms with Crippen LogP contribution in [-0.4, -0.2) is 26.4 Å². The van der Waals surface area contributed by atoms with Crippen LogP contribution in [0.3, 0.4) is 0 Å². The van der Waals surface area contributed by atoms with Crippen molar-refractivity contribution in [2.24, 2.45) is 0 Å². The van der Waals surface area contributed by atoms with Gasteiger partial charge in [-0.05, 0) is 31.5 Å². The maximum atomic E-state index is 12.5. The first-order valence-electron chi connectivity index (χ1n) is 7.84. The summed E-state index contributed by atoms with van der Waals surface area (Å²) in [4.78, 5) is 27.7. The van der Waals surface area contributed by atoms with Crippen molar-refractivity contribution in [1.82, 2.24) is 9.55 Å². The van der Waals surface area contributed by atoms with Crippen molar-refractivity contribution in [1.29, 1.82) is 0 Å². The second-order valence-corrected chi connectivity index (χ2v) is 5.71. The van der Waals surface area contributed by atoms with Crippen LogP contribution in [0.25, 0.3) is 11.0 Å². The van der Waals surface area contributed by atoms with Crippen molar-refractivity contribution in [3.8, 4) is 0 Å². The molecular weight excluding hydrogens is 304 g/mol. The quantitative estimate of drug-likeness (QED) is 0.706. The third-order valence-corrected chi connectivity index (χ3v) is 4.01. The standard InChI is InChI=1S/C19H18N2O3/c1-13-20-16-12-15(19(24)14-6-3-2-4-7-14)9-10-17(16)21(13)11-5-8-18(22)23/h2-4,6-7,9-10,12H,5,8,11H2,1H3,(H,22,23). The molecule has 0 atom stereocenters. The third kappa shape index (κ3) is 3.20. The van der Waals surface area contributed by atoms with Crippen molar-refractivity contribution < 1.29 is 14.7 Å². The number of hydrogen-bond acceptors (Lipinski definition) is 3. The SMILES string of the molecule is Cc1nc2cc(C(=O)c3ccccc3)ccc2n1CCCC(=O)O. The fraction of sp³-hybridized carbons (Fsp3) is 0.211. The number of ketones is 1. The number of carboxylic acid groups (broad SMARTS) is 1. The van der Waals surface area contributed by atoms with Crippen LogP contribution in [0.1, 0.15) is 34.6 Å². The van der Waals surface area contributed by atoms with Crippen molar-refractivity contribution in [2.75, 3.05) is 0 Å². The normalized spacial score (nSPS) is 10.9. The van der Waals surface area contributed by atoms with Gasteiger partial charge in [-0.15, -0.1) is 0 Å². The molecule has 0 radical (unpaired) electrons. The summed E-state index contributed by atoms with van der Waals surface area (Å²) in [6.45, 7) is 2.49. The molecule has 0 saturated heterocycles. The number of benzene rings is 2. The fourth-order valence-electron chi connectivity index (χ4n) is 2.82. The highest BCUT2D eigenvalue weighted by Gasteiger charge is 2.13. The van der Waals surface area contributed by atoms with Crippen LogP contribution in [0.4, 0.5) is 0 Å². The highest BCUT2D eigenvalue weighted by atomic mass is 16.4. The van der Waals surface area contributed by atoms with Gasteiger partial charge in [0.25, 0.3) is 0 Å². The zero-order valence-corrected chi connectivity index (χ0v) is 13.4. The summed E-state index contributed by atoms with van der Waals surface area (Å²) in [7, 11) is 0. The molecule has 0 bridgehead atoms. The summed E-state index contributed by atoms with van der Waals surface area (Å²) in [6.07, 6.45) is 0.677. The number of fused-ring (bicyclic) bond motifs is 1. The van der Waals surface area contributed by atoms with E-state index >= 15 is 0 Å². The zero-order valence-electron chi connectivity index (χ0n) is 13.4. The van der Waals surface area contributed by atoms with E-state index in [0.717, 1.165) is 16.9 Å². The minimum absolute atomic E-state index is 0.0319. The molecule has 0 amide bonds. The van der Waals surface area contributed by atoms with Crippen molar-refractivity contribution in [3.05, 3.63) is 65.5 Å². The molecule has 2 aromatic carbocycles. The molecular formula is C19H18N2O3. The van der Waals surface area contributed by atoms with E-state index < -0.39 is 5.97 Å². The van der Waals surface area contributed by atoms with Gasteiger partial charge in [-0.1, -0.05) is 30.3 Å². The average Bonchev–Trinajstić information content (AvgIpc) is 2.89. The number of nitrogens with zero attached hydrogens (tertiary/aromatic N) is 2. The summed E-state index contributed by atoms with van der Waals surface area (Å²) >= 11 is 0. The maximum absolute atomic E-state index is 12.5. The average molecular weight is 322 g/mol. The number of aryl methyl sites for hydroxylation is 2. The molecule has 24 heavy (non-hydrogen) atoms. The Kier molecular flexibility index (Phi) is 4.42. The second-order valence-electron chi connectivity index (χ2n) is 5.71. The number of carbonyl (C=O) groups is 2. The number of aromatic nitrogens is 2.